The summed E-state index contributed by atoms with van der Waals surface area (Å²) in [6.45, 7) is -0.267. The Kier molecular flexibility index (Phi) is 21.5. The molecule has 1 heterocycles. The third-order valence-electron chi connectivity index (χ3n) is 10.9. The highest BCUT2D eigenvalue weighted by atomic mass is 16.4. The maximum Gasteiger partial charge on any atom is 0.336 e. The second-order valence-electron chi connectivity index (χ2n) is 16.3. The van der Waals surface area contributed by atoms with E-state index in [0.717, 1.165) is 17.0 Å². The van der Waals surface area contributed by atoms with Crippen molar-refractivity contribution >= 4 is 82.0 Å². The highest BCUT2D eigenvalue weighted by Gasteiger charge is 2.32. The van der Waals surface area contributed by atoms with Gasteiger partial charge in [0, 0.05) is 44.1 Å². The van der Waals surface area contributed by atoms with E-state index in [1.165, 1.54) is 36.4 Å². The highest BCUT2D eigenvalue weighted by Crippen LogP contribution is 2.18. The number of carbonyl (C=O) groups is 11. The number of urea groups is 1. The van der Waals surface area contributed by atoms with Crippen molar-refractivity contribution in [2.45, 2.75) is 88.1 Å². The Bertz CT molecular complexity index is 2670. The molecule has 0 aliphatic heterocycles. The van der Waals surface area contributed by atoms with Gasteiger partial charge in [-0.1, -0.05) is 54.6 Å². The number of carbonyl (C=O) groups excluding carboxylic acids is 6. The standard InChI is InChI=1S/C47H54N10O16/c48-57-35-17-14-30(24-50-35)40(63)52-31(15-18-36(58)59)42(65)56-38(46(71)72)43(66)51-23-25-8-12-28(13-9-25)39(62)53-34(22-26-10-11-27-5-1-2-6-29(27)21-26)41(64)49-20-4-3-7-32(44(67)68)54-47(73)55-33(45(69)70)16-19-37(60)61/h1-2,5-6,8-14,17,21,24,31-34,38H,3-4,7,15-16,18-20,22-23,48H2,(H,49,64)(H,50,57)(H,51,66)(H,52,63)(H,53,62)(H,56,65)(H,58,59)(H,60,61)(H,67,68)(H,69,70)(H,71,72)(H2,54,55,73). The van der Waals surface area contributed by atoms with Gasteiger partial charge in [-0.05, 0) is 78.3 Å². The van der Waals surface area contributed by atoms with Crippen molar-refractivity contribution in [1.82, 2.24) is 42.2 Å². The van der Waals surface area contributed by atoms with Crippen molar-refractivity contribution in [1.29, 1.82) is 0 Å². The second-order valence-corrected chi connectivity index (χ2v) is 16.3. The molecule has 0 saturated heterocycles. The minimum atomic E-state index is -2.18. The smallest absolute Gasteiger partial charge is 0.336 e. The van der Waals surface area contributed by atoms with Gasteiger partial charge in [-0.3, -0.25) is 33.6 Å². The van der Waals surface area contributed by atoms with Crippen molar-refractivity contribution in [2.75, 3.05) is 12.0 Å². The monoisotopic (exact) mass is 1010 g/mol. The van der Waals surface area contributed by atoms with Crippen LogP contribution in [-0.2, 0) is 51.3 Å². The molecule has 5 atom stereocenters. The number of carboxylic acids is 5. The molecule has 0 aliphatic carbocycles. The highest BCUT2D eigenvalue weighted by molar-refractivity contribution is 6.05. The van der Waals surface area contributed by atoms with Crippen molar-refractivity contribution in [3.63, 3.8) is 0 Å². The molecule has 0 spiro atoms. The van der Waals surface area contributed by atoms with Crippen LogP contribution in [0, 0.1) is 0 Å². The number of unbranched alkanes of at least 4 members (excludes halogenated alkanes) is 1. The molecule has 7 amide bonds. The zero-order valence-electron chi connectivity index (χ0n) is 38.8. The predicted molar refractivity (Wildman–Crippen MR) is 255 cm³/mol. The number of anilines is 1. The zero-order valence-corrected chi connectivity index (χ0v) is 38.8. The lowest BCUT2D eigenvalue weighted by atomic mass is 10.0. The third kappa shape index (κ3) is 18.6. The Labute approximate surface area is 414 Å². The second kappa shape index (κ2) is 27.9. The fourth-order valence-electron chi connectivity index (χ4n) is 6.94. The number of nitrogen functional groups attached to an aromatic ring is 1. The first-order valence-corrected chi connectivity index (χ1v) is 22.4. The van der Waals surface area contributed by atoms with Crippen molar-refractivity contribution < 1.29 is 78.3 Å². The van der Waals surface area contributed by atoms with Crippen LogP contribution < -0.4 is 48.5 Å². The summed E-state index contributed by atoms with van der Waals surface area (Å²) in [7, 11) is 0. The van der Waals surface area contributed by atoms with Crippen LogP contribution in [0.3, 0.4) is 0 Å². The minimum Gasteiger partial charge on any atom is -0.481 e. The maximum atomic E-state index is 13.6. The Balaban J connectivity index is 1.36. The van der Waals surface area contributed by atoms with Crippen molar-refractivity contribution in [3.05, 3.63) is 107 Å². The van der Waals surface area contributed by atoms with Crippen LogP contribution in [0.4, 0.5) is 10.6 Å². The number of nitrogens with one attached hydrogen (secondary N) is 8. The van der Waals surface area contributed by atoms with Crippen LogP contribution in [0.2, 0.25) is 0 Å². The summed E-state index contributed by atoms with van der Waals surface area (Å²) in [6.07, 6.45) is -0.634. The minimum absolute atomic E-state index is 0.0213. The molecular formula is C47H54N10O16. The topological polar surface area (TPSA) is 424 Å². The van der Waals surface area contributed by atoms with E-state index in [1.807, 2.05) is 47.0 Å². The number of hydrazine groups is 1. The molecule has 26 nitrogen and oxygen atoms in total. The zero-order chi connectivity index (χ0) is 53.6. The number of nitrogens with zero attached hydrogens (tertiary/aromatic N) is 1. The fraction of sp³-hybridized carbons (Fsp3) is 0.319. The molecule has 26 heteroatoms. The van der Waals surface area contributed by atoms with Crippen LogP contribution in [0.25, 0.3) is 10.8 Å². The van der Waals surface area contributed by atoms with Crippen LogP contribution >= 0.6 is 0 Å². The van der Waals surface area contributed by atoms with Gasteiger partial charge in [0.2, 0.25) is 17.9 Å². The largest absolute Gasteiger partial charge is 0.481 e. The van der Waals surface area contributed by atoms with Gasteiger partial charge in [0.25, 0.3) is 17.7 Å². The number of benzene rings is 3. The molecule has 4 aromatic rings. The van der Waals surface area contributed by atoms with Gasteiger partial charge in [0.1, 0.15) is 30.0 Å². The molecular weight excluding hydrogens is 961 g/mol. The quantitative estimate of drug-likeness (QED) is 0.0148. The van der Waals surface area contributed by atoms with E-state index < -0.39 is 121 Å². The first-order valence-electron chi connectivity index (χ1n) is 22.4. The maximum absolute atomic E-state index is 13.6. The molecule has 5 unspecified atom stereocenters. The number of rotatable bonds is 29. The number of hydrogen-bond acceptors (Lipinski definition) is 14. The van der Waals surface area contributed by atoms with Gasteiger partial charge in [-0.25, -0.2) is 30.0 Å². The third-order valence-corrected chi connectivity index (χ3v) is 10.9. The summed E-state index contributed by atoms with van der Waals surface area (Å²) in [4.78, 5) is 140. The Morgan fingerprint density at radius 1 is 0.521 bits per heavy atom. The summed E-state index contributed by atoms with van der Waals surface area (Å²) in [5, 5.41) is 65.0. The van der Waals surface area contributed by atoms with Gasteiger partial charge >= 0.3 is 35.9 Å². The van der Waals surface area contributed by atoms with Gasteiger partial charge in [-0.15, -0.1) is 0 Å². The molecule has 3 aromatic carbocycles. The van der Waals surface area contributed by atoms with Crippen molar-refractivity contribution in [3.8, 4) is 0 Å². The number of fused-ring (bicyclic) bond motifs is 1. The van der Waals surface area contributed by atoms with Crippen LogP contribution in [0.1, 0.15) is 76.8 Å². The van der Waals surface area contributed by atoms with E-state index in [0.29, 0.717) is 11.1 Å². The molecule has 4 rings (SSSR count). The lowest BCUT2D eigenvalue weighted by molar-refractivity contribution is -0.147. The molecule has 388 valence electrons. The normalized spacial score (nSPS) is 12.8. The number of hydrogen-bond donors (Lipinski definition) is 14. The van der Waals surface area contributed by atoms with Gasteiger partial charge in [0.15, 0.2) is 0 Å². The molecule has 0 bridgehead atoms. The first-order chi connectivity index (χ1) is 34.7. The Hall–Kier alpha value is -9.20. The van der Waals surface area contributed by atoms with Crippen LogP contribution in [-0.4, -0.2) is 133 Å². The van der Waals surface area contributed by atoms with E-state index in [9.17, 15) is 73.2 Å². The Morgan fingerprint density at radius 2 is 1.10 bits per heavy atom. The number of nitrogens with two attached hydrogens (primary N) is 1. The molecule has 0 aliphatic rings. The van der Waals surface area contributed by atoms with Crippen LogP contribution in [0.5, 0.6) is 0 Å². The average molecular weight is 1020 g/mol. The lowest BCUT2D eigenvalue weighted by Crippen LogP contribution is -2.56. The average Bonchev–Trinajstić information content (AvgIpc) is 3.36. The molecule has 0 saturated carbocycles. The fourth-order valence-corrected chi connectivity index (χ4v) is 6.94. The lowest BCUT2D eigenvalue weighted by Gasteiger charge is -2.21. The molecule has 15 N–H and O–H groups in total. The summed E-state index contributed by atoms with van der Waals surface area (Å²) in [6, 6.07) is 12.3. The number of aromatic nitrogens is 1. The molecule has 0 fully saturated rings. The van der Waals surface area contributed by atoms with E-state index in [1.54, 1.807) is 6.07 Å². The summed E-state index contributed by atoms with van der Waals surface area (Å²) < 4.78 is 0. The SMILES string of the molecule is NNc1ccc(C(=O)NC(CCC(=O)O)C(=O)NC(C(=O)O)C(=O)NCc2ccc(C(=O)NC(Cc3ccc4ccccc4c3)C(=O)NCCCCC(NC(=O)NC(CCC(=O)O)C(=O)O)C(=O)O)cc2)cn1. The number of amides is 7. The van der Waals surface area contributed by atoms with Crippen molar-refractivity contribution in [2.24, 2.45) is 5.84 Å². The number of aliphatic carboxylic acids is 5. The van der Waals surface area contributed by atoms with E-state index in [2.05, 4.69) is 37.0 Å². The number of pyridine rings is 1. The van der Waals surface area contributed by atoms with Gasteiger partial charge < -0.3 is 68.2 Å². The van der Waals surface area contributed by atoms with Crippen LogP contribution in [0.15, 0.2) is 85.1 Å². The first kappa shape index (κ1) is 56.4. The molecule has 1 aromatic heterocycles. The summed E-state index contributed by atoms with van der Waals surface area (Å²) in [5.74, 6) is -6.27. The number of carboxylic acid groups (broad SMARTS) is 5. The Morgan fingerprint density at radius 3 is 1.68 bits per heavy atom. The van der Waals surface area contributed by atoms with E-state index >= 15 is 0 Å². The van der Waals surface area contributed by atoms with Gasteiger partial charge in [0.05, 0.1) is 5.56 Å². The summed E-state index contributed by atoms with van der Waals surface area (Å²) >= 11 is 0. The van der Waals surface area contributed by atoms with E-state index in [-0.39, 0.29) is 55.7 Å². The van der Waals surface area contributed by atoms with E-state index in [4.69, 9.17) is 10.9 Å². The summed E-state index contributed by atoms with van der Waals surface area (Å²) in [5.41, 5.74) is 3.40. The predicted octanol–water partition coefficient (Wildman–Crippen LogP) is 0.0674. The van der Waals surface area contributed by atoms with Gasteiger partial charge in [-0.2, -0.15) is 0 Å². The molecule has 0 radical (unpaired) electrons. The molecule has 73 heavy (non-hydrogen) atoms.